The number of allylic oxidation sites excluding steroid dienone is 16. The number of hydrogen-bond donors (Lipinski definition) is 0. The van der Waals surface area contributed by atoms with Gasteiger partial charge in [-0.1, -0.05) is 234 Å². The molecule has 6 nitrogen and oxygen atoms in total. The van der Waals surface area contributed by atoms with Crippen molar-refractivity contribution in [2.45, 2.75) is 271 Å². The van der Waals surface area contributed by atoms with E-state index in [-0.39, 0.29) is 37.5 Å². The van der Waals surface area contributed by atoms with Crippen molar-refractivity contribution in [1.82, 2.24) is 0 Å². The molecule has 0 amide bonds. The lowest BCUT2D eigenvalue weighted by Gasteiger charge is -2.18. The van der Waals surface area contributed by atoms with E-state index in [9.17, 15) is 14.4 Å². The monoisotopic (exact) mass is 959 g/mol. The zero-order valence-electron chi connectivity index (χ0n) is 45.0. The molecule has 0 fully saturated rings. The zero-order valence-corrected chi connectivity index (χ0v) is 45.0. The van der Waals surface area contributed by atoms with E-state index in [2.05, 4.69) is 112 Å². The van der Waals surface area contributed by atoms with Gasteiger partial charge < -0.3 is 14.2 Å². The Bertz CT molecular complexity index is 1380. The maximum atomic E-state index is 12.9. The first-order valence-electron chi connectivity index (χ1n) is 28.7. The molecule has 0 N–H and O–H groups in total. The van der Waals surface area contributed by atoms with E-state index in [4.69, 9.17) is 14.2 Å². The van der Waals surface area contributed by atoms with E-state index in [1.54, 1.807) is 0 Å². The van der Waals surface area contributed by atoms with Crippen molar-refractivity contribution in [3.8, 4) is 0 Å². The van der Waals surface area contributed by atoms with Crippen LogP contribution in [0, 0.1) is 0 Å². The van der Waals surface area contributed by atoms with Crippen LogP contribution in [0.15, 0.2) is 97.2 Å². The Balaban J connectivity index is 4.49. The fourth-order valence-corrected chi connectivity index (χ4v) is 7.75. The van der Waals surface area contributed by atoms with Crippen LogP contribution >= 0.6 is 0 Å². The molecule has 0 spiro atoms. The van der Waals surface area contributed by atoms with Crippen molar-refractivity contribution in [2.75, 3.05) is 13.2 Å². The van der Waals surface area contributed by atoms with Gasteiger partial charge in [0.05, 0.1) is 0 Å². The minimum Gasteiger partial charge on any atom is -0.462 e. The molecule has 0 saturated carbocycles. The zero-order chi connectivity index (χ0) is 50.0. The first-order valence-corrected chi connectivity index (χ1v) is 28.7. The molecule has 1 unspecified atom stereocenters. The van der Waals surface area contributed by atoms with Gasteiger partial charge in [0.2, 0.25) is 0 Å². The summed E-state index contributed by atoms with van der Waals surface area (Å²) in [6, 6.07) is 0. The van der Waals surface area contributed by atoms with Gasteiger partial charge in [0, 0.05) is 19.3 Å². The number of rotatable bonds is 51. The summed E-state index contributed by atoms with van der Waals surface area (Å²) in [6.07, 6.45) is 75.5. The second-order valence-corrected chi connectivity index (χ2v) is 18.8. The fourth-order valence-electron chi connectivity index (χ4n) is 7.75. The van der Waals surface area contributed by atoms with Crippen molar-refractivity contribution < 1.29 is 28.6 Å². The number of ether oxygens (including phenoxy) is 3. The summed E-state index contributed by atoms with van der Waals surface area (Å²) >= 11 is 0. The molecule has 0 aromatic rings. The highest BCUT2D eigenvalue weighted by Gasteiger charge is 2.19. The van der Waals surface area contributed by atoms with Crippen LogP contribution in [0.5, 0.6) is 0 Å². The van der Waals surface area contributed by atoms with Gasteiger partial charge in [0.1, 0.15) is 13.2 Å². The Morgan fingerprint density at radius 3 is 0.986 bits per heavy atom. The van der Waals surface area contributed by atoms with Crippen molar-refractivity contribution in [1.29, 1.82) is 0 Å². The molecule has 0 bridgehead atoms. The summed E-state index contributed by atoms with van der Waals surface area (Å²) in [4.78, 5) is 38.1. The Labute approximate surface area is 426 Å². The van der Waals surface area contributed by atoms with Crippen LogP contribution in [0.3, 0.4) is 0 Å². The topological polar surface area (TPSA) is 78.9 Å². The lowest BCUT2D eigenvalue weighted by Crippen LogP contribution is -2.30. The number of esters is 3. The highest BCUT2D eigenvalue weighted by molar-refractivity contribution is 5.71. The molecular weight excluding hydrogens is 853 g/mol. The molecular formula is C63H106O6. The van der Waals surface area contributed by atoms with Crippen molar-refractivity contribution in [3.05, 3.63) is 97.2 Å². The Kier molecular flexibility index (Phi) is 53.9. The standard InChI is InChI=1S/C63H106O6/c1-4-7-10-13-16-19-22-25-27-29-31-33-35-38-41-44-47-50-53-56-62(65)68-59-60(58-67-61(64)55-52-49-46-43-40-37-24-21-18-15-12-9-6-3)69-63(66)57-54-51-48-45-42-39-36-34-32-30-28-26-23-20-17-14-11-8-5-2/h7,10,16,19,21,24-28,31,33,38,41,47,50,60H,4-6,8-9,11-15,17-18,20,22-23,29-30,32,34-37,39-40,42-46,48-49,51-59H2,1-3H3/b10-7-,19-16-,24-21-,27-25-,28-26-,33-31-,41-38-,50-47-. The first kappa shape index (κ1) is 65.3. The van der Waals surface area contributed by atoms with Crippen LogP contribution in [0.1, 0.15) is 265 Å². The largest absolute Gasteiger partial charge is 0.462 e. The van der Waals surface area contributed by atoms with Crippen LogP contribution in [0.2, 0.25) is 0 Å². The minimum atomic E-state index is -0.813. The molecule has 1 atom stereocenters. The Morgan fingerprint density at radius 2 is 0.594 bits per heavy atom. The average molecular weight is 960 g/mol. The van der Waals surface area contributed by atoms with Gasteiger partial charge >= 0.3 is 17.9 Å². The fraction of sp³-hybridized carbons (Fsp3) is 0.698. The smallest absolute Gasteiger partial charge is 0.306 e. The maximum Gasteiger partial charge on any atom is 0.306 e. The second kappa shape index (κ2) is 56.9. The molecule has 0 aromatic carbocycles. The highest BCUT2D eigenvalue weighted by Crippen LogP contribution is 2.14. The SMILES string of the molecule is CC/C=C\C/C=C\C/C=C\C/C=C\C/C=C\C/C=C\CCC(=O)OCC(COC(=O)CCCCCCC/C=C\CCCCCC)OC(=O)CCCCCCCCCCC/C=C\CCCCCCCC. The second-order valence-electron chi connectivity index (χ2n) is 18.8. The summed E-state index contributed by atoms with van der Waals surface area (Å²) in [6.45, 7) is 6.44. The molecule has 0 saturated heterocycles. The van der Waals surface area contributed by atoms with Crippen LogP contribution in [-0.4, -0.2) is 37.2 Å². The number of carbonyl (C=O) groups excluding carboxylic acids is 3. The minimum absolute atomic E-state index is 0.106. The van der Waals surface area contributed by atoms with E-state index < -0.39 is 6.10 Å². The maximum absolute atomic E-state index is 12.9. The van der Waals surface area contributed by atoms with E-state index >= 15 is 0 Å². The summed E-state index contributed by atoms with van der Waals surface area (Å²) in [5.74, 6) is -1.00. The number of carbonyl (C=O) groups is 3. The molecule has 0 aliphatic rings. The number of unbranched alkanes of at least 4 members (excludes halogenated alkanes) is 24. The molecule has 69 heavy (non-hydrogen) atoms. The predicted octanol–water partition coefficient (Wildman–Crippen LogP) is 19.3. The Morgan fingerprint density at radius 1 is 0.304 bits per heavy atom. The molecule has 0 aliphatic carbocycles. The van der Waals surface area contributed by atoms with Gasteiger partial charge in [-0.3, -0.25) is 14.4 Å². The summed E-state index contributed by atoms with van der Waals surface area (Å²) in [5, 5.41) is 0. The van der Waals surface area contributed by atoms with E-state index in [1.165, 1.54) is 128 Å². The molecule has 6 heteroatoms. The van der Waals surface area contributed by atoms with Crippen molar-refractivity contribution >= 4 is 17.9 Å². The van der Waals surface area contributed by atoms with Crippen LogP contribution < -0.4 is 0 Å². The third-order valence-corrected chi connectivity index (χ3v) is 12.1. The third-order valence-electron chi connectivity index (χ3n) is 12.1. The van der Waals surface area contributed by atoms with Crippen LogP contribution in [-0.2, 0) is 28.6 Å². The summed E-state index contributed by atoms with van der Waals surface area (Å²) < 4.78 is 16.8. The predicted molar refractivity (Wildman–Crippen MR) is 297 cm³/mol. The normalized spacial score (nSPS) is 12.8. The quantitative estimate of drug-likeness (QED) is 0.0262. The average Bonchev–Trinajstić information content (AvgIpc) is 3.35. The first-order chi connectivity index (χ1) is 34.0. The van der Waals surface area contributed by atoms with E-state index in [1.807, 2.05) is 6.08 Å². The molecule has 0 aliphatic heterocycles. The van der Waals surface area contributed by atoms with Gasteiger partial charge in [-0.05, 0) is 109 Å². The van der Waals surface area contributed by atoms with Gasteiger partial charge in [0.15, 0.2) is 6.10 Å². The van der Waals surface area contributed by atoms with E-state index in [0.717, 1.165) is 89.9 Å². The Hall–Kier alpha value is -3.67. The third kappa shape index (κ3) is 55.1. The highest BCUT2D eigenvalue weighted by atomic mass is 16.6. The molecule has 0 aromatic heterocycles. The summed E-state index contributed by atoms with van der Waals surface area (Å²) in [7, 11) is 0. The van der Waals surface area contributed by atoms with Gasteiger partial charge in [-0.25, -0.2) is 0 Å². The van der Waals surface area contributed by atoms with Gasteiger partial charge in [-0.2, -0.15) is 0 Å². The van der Waals surface area contributed by atoms with Crippen molar-refractivity contribution in [3.63, 3.8) is 0 Å². The molecule has 0 radical (unpaired) electrons. The van der Waals surface area contributed by atoms with Gasteiger partial charge in [0.25, 0.3) is 0 Å². The van der Waals surface area contributed by atoms with Crippen molar-refractivity contribution in [2.24, 2.45) is 0 Å². The van der Waals surface area contributed by atoms with E-state index in [0.29, 0.717) is 19.3 Å². The lowest BCUT2D eigenvalue weighted by atomic mass is 10.1. The molecule has 0 rings (SSSR count). The van der Waals surface area contributed by atoms with Crippen LogP contribution in [0.25, 0.3) is 0 Å². The van der Waals surface area contributed by atoms with Crippen LogP contribution in [0.4, 0.5) is 0 Å². The van der Waals surface area contributed by atoms with Gasteiger partial charge in [-0.15, -0.1) is 0 Å². The number of hydrogen-bond acceptors (Lipinski definition) is 6. The lowest BCUT2D eigenvalue weighted by molar-refractivity contribution is -0.166. The molecule has 0 heterocycles. The summed E-state index contributed by atoms with van der Waals surface area (Å²) in [5.41, 5.74) is 0. The molecule has 394 valence electrons.